The lowest BCUT2D eigenvalue weighted by Gasteiger charge is -2.34. The zero-order valence-electron chi connectivity index (χ0n) is 15.6. The Morgan fingerprint density at radius 3 is 2.81 bits per heavy atom. The van der Waals surface area contributed by atoms with E-state index in [-0.39, 0.29) is 6.61 Å². The fourth-order valence-corrected chi connectivity index (χ4v) is 4.45. The summed E-state index contributed by atoms with van der Waals surface area (Å²) >= 11 is 1.86. The largest absolute Gasteiger partial charge is 0.497 e. The van der Waals surface area contributed by atoms with Crippen molar-refractivity contribution in [1.82, 2.24) is 15.0 Å². The summed E-state index contributed by atoms with van der Waals surface area (Å²) in [6, 6.07) is 10.1. The van der Waals surface area contributed by atoms with Gasteiger partial charge in [-0.1, -0.05) is 12.1 Å². The van der Waals surface area contributed by atoms with Crippen molar-refractivity contribution in [3.05, 3.63) is 57.9 Å². The summed E-state index contributed by atoms with van der Waals surface area (Å²) in [6.07, 6.45) is 2.16. The van der Waals surface area contributed by atoms with Crippen molar-refractivity contribution in [2.24, 2.45) is 0 Å². The minimum atomic E-state index is 0.279. The quantitative estimate of drug-likeness (QED) is 0.607. The molecular weight excluding hydrogens is 362 g/mol. The van der Waals surface area contributed by atoms with E-state index in [9.17, 15) is 0 Å². The normalized spacial score (nSPS) is 16.9. The van der Waals surface area contributed by atoms with Gasteiger partial charge in [-0.25, -0.2) is 0 Å². The van der Waals surface area contributed by atoms with E-state index in [1.807, 2.05) is 35.6 Å². The topological polar surface area (TPSA) is 60.6 Å². The third kappa shape index (κ3) is 3.99. The van der Waals surface area contributed by atoms with Crippen LogP contribution in [-0.2, 0) is 19.6 Å². The lowest BCUT2D eigenvalue weighted by Crippen LogP contribution is -2.34. The van der Waals surface area contributed by atoms with Gasteiger partial charge in [0, 0.05) is 17.5 Å². The highest BCUT2D eigenvalue weighted by Gasteiger charge is 2.28. The van der Waals surface area contributed by atoms with Gasteiger partial charge in [-0.05, 0) is 54.1 Å². The molecule has 0 amide bonds. The number of ether oxygens (including phenoxy) is 2. The summed E-state index contributed by atoms with van der Waals surface area (Å²) < 4.78 is 16.3. The zero-order valence-corrected chi connectivity index (χ0v) is 16.4. The van der Waals surface area contributed by atoms with Crippen molar-refractivity contribution in [2.45, 2.75) is 39.0 Å². The standard InChI is InChI=1S/C20H23N3O3S/c1-3-17-16-9-11-27-18(16)8-10-23(17)12-20-21-19(22-26-20)13-25-15-6-4-14(24-2)5-7-15/h4-7,9,11,17H,3,8,10,12-13H2,1-2H3. The van der Waals surface area contributed by atoms with Crippen molar-refractivity contribution >= 4 is 11.3 Å². The van der Waals surface area contributed by atoms with Crippen molar-refractivity contribution in [2.75, 3.05) is 13.7 Å². The predicted octanol–water partition coefficient (Wildman–Crippen LogP) is 4.23. The van der Waals surface area contributed by atoms with Crippen LogP contribution in [0.25, 0.3) is 0 Å². The third-order valence-electron chi connectivity index (χ3n) is 4.87. The van der Waals surface area contributed by atoms with Gasteiger partial charge in [0.2, 0.25) is 11.7 Å². The number of hydrogen-bond acceptors (Lipinski definition) is 7. The van der Waals surface area contributed by atoms with E-state index in [4.69, 9.17) is 14.0 Å². The highest BCUT2D eigenvalue weighted by molar-refractivity contribution is 7.10. The number of hydrogen-bond donors (Lipinski definition) is 0. The Morgan fingerprint density at radius 2 is 2.04 bits per heavy atom. The molecule has 0 fully saturated rings. The number of rotatable bonds is 7. The maximum Gasteiger partial charge on any atom is 0.240 e. The molecule has 7 heteroatoms. The van der Waals surface area contributed by atoms with Gasteiger partial charge in [0.1, 0.15) is 11.5 Å². The van der Waals surface area contributed by atoms with Gasteiger partial charge in [-0.15, -0.1) is 11.3 Å². The first kappa shape index (κ1) is 18.0. The maximum atomic E-state index is 5.72. The van der Waals surface area contributed by atoms with Gasteiger partial charge in [-0.3, -0.25) is 4.90 Å². The van der Waals surface area contributed by atoms with Crippen LogP contribution in [0.1, 0.15) is 41.5 Å². The van der Waals surface area contributed by atoms with Crippen LogP contribution in [-0.4, -0.2) is 28.7 Å². The fraction of sp³-hybridized carbons (Fsp3) is 0.400. The molecule has 142 valence electrons. The summed E-state index contributed by atoms with van der Waals surface area (Å²) in [4.78, 5) is 8.44. The molecule has 1 aliphatic rings. The Bertz CT molecular complexity index is 875. The van der Waals surface area contributed by atoms with Crippen molar-refractivity contribution in [3.63, 3.8) is 0 Å². The second-order valence-corrected chi connectivity index (χ2v) is 7.51. The van der Waals surface area contributed by atoms with Gasteiger partial charge in [-0.2, -0.15) is 4.98 Å². The molecule has 0 saturated carbocycles. The number of thiophene rings is 1. The van der Waals surface area contributed by atoms with Gasteiger partial charge >= 0.3 is 0 Å². The number of fused-ring (bicyclic) bond motifs is 1. The van der Waals surface area contributed by atoms with Gasteiger partial charge in [0.15, 0.2) is 6.61 Å². The molecule has 0 aliphatic carbocycles. The Balaban J connectivity index is 1.36. The lowest BCUT2D eigenvalue weighted by molar-refractivity contribution is 0.151. The second kappa shape index (κ2) is 8.10. The minimum absolute atomic E-state index is 0.279. The van der Waals surface area contributed by atoms with E-state index < -0.39 is 0 Å². The molecule has 6 nitrogen and oxygen atoms in total. The van der Waals surface area contributed by atoms with E-state index in [0.717, 1.165) is 30.9 Å². The van der Waals surface area contributed by atoms with Crippen LogP contribution in [0, 0.1) is 0 Å². The monoisotopic (exact) mass is 385 g/mol. The molecule has 1 aliphatic heterocycles. The molecule has 1 unspecified atom stereocenters. The van der Waals surface area contributed by atoms with Crippen LogP contribution < -0.4 is 9.47 Å². The summed E-state index contributed by atoms with van der Waals surface area (Å²) in [6.45, 7) is 4.20. The zero-order chi connectivity index (χ0) is 18.6. The van der Waals surface area contributed by atoms with E-state index in [1.54, 1.807) is 7.11 Å². The van der Waals surface area contributed by atoms with Crippen LogP contribution in [0.4, 0.5) is 0 Å². The van der Waals surface area contributed by atoms with Crippen LogP contribution in [0.2, 0.25) is 0 Å². The summed E-state index contributed by atoms with van der Waals surface area (Å²) in [5.74, 6) is 2.74. The summed E-state index contributed by atoms with van der Waals surface area (Å²) in [7, 11) is 1.64. The third-order valence-corrected chi connectivity index (χ3v) is 5.86. The number of nitrogens with zero attached hydrogens (tertiary/aromatic N) is 3. The molecule has 0 N–H and O–H groups in total. The first-order valence-corrected chi connectivity index (χ1v) is 10.0. The molecule has 3 aromatic rings. The van der Waals surface area contributed by atoms with Crippen LogP contribution in [0.5, 0.6) is 11.5 Å². The van der Waals surface area contributed by atoms with Crippen LogP contribution >= 0.6 is 11.3 Å². The van der Waals surface area contributed by atoms with Gasteiger partial charge in [0.05, 0.1) is 13.7 Å². The SMILES string of the molecule is CCC1c2ccsc2CCN1Cc1nc(COc2ccc(OC)cc2)no1. The second-order valence-electron chi connectivity index (χ2n) is 6.51. The van der Waals surface area contributed by atoms with E-state index in [2.05, 4.69) is 33.4 Å². The molecular formula is C20H23N3O3S. The van der Waals surface area contributed by atoms with E-state index in [1.165, 1.54) is 10.4 Å². The van der Waals surface area contributed by atoms with Crippen molar-refractivity contribution in [1.29, 1.82) is 0 Å². The van der Waals surface area contributed by atoms with Gasteiger partial charge < -0.3 is 14.0 Å². The number of methoxy groups -OCH3 is 1. The highest BCUT2D eigenvalue weighted by Crippen LogP contribution is 2.35. The summed E-state index contributed by atoms with van der Waals surface area (Å²) in [5.41, 5.74) is 1.45. The maximum absolute atomic E-state index is 5.72. The van der Waals surface area contributed by atoms with Crippen molar-refractivity contribution < 1.29 is 14.0 Å². The van der Waals surface area contributed by atoms with Gasteiger partial charge in [0.25, 0.3) is 0 Å². The Kier molecular flexibility index (Phi) is 5.40. The summed E-state index contributed by atoms with van der Waals surface area (Å²) in [5, 5.41) is 6.25. The predicted molar refractivity (Wildman–Crippen MR) is 103 cm³/mol. The lowest BCUT2D eigenvalue weighted by atomic mass is 9.98. The molecule has 1 aromatic carbocycles. The highest BCUT2D eigenvalue weighted by atomic mass is 32.1. The molecule has 27 heavy (non-hydrogen) atoms. The number of benzene rings is 1. The molecule has 0 spiro atoms. The smallest absolute Gasteiger partial charge is 0.240 e. The first-order chi connectivity index (χ1) is 13.3. The Morgan fingerprint density at radius 1 is 1.22 bits per heavy atom. The Labute approximate surface area is 162 Å². The molecule has 2 aromatic heterocycles. The van der Waals surface area contributed by atoms with Crippen LogP contribution in [0.15, 0.2) is 40.2 Å². The average molecular weight is 385 g/mol. The van der Waals surface area contributed by atoms with E-state index in [0.29, 0.717) is 24.3 Å². The number of aromatic nitrogens is 2. The minimum Gasteiger partial charge on any atom is -0.497 e. The Hall–Kier alpha value is -2.38. The van der Waals surface area contributed by atoms with E-state index >= 15 is 0 Å². The molecule has 0 radical (unpaired) electrons. The fourth-order valence-electron chi connectivity index (χ4n) is 3.52. The molecule has 1 atom stereocenters. The molecule has 4 rings (SSSR count). The molecule has 0 saturated heterocycles. The van der Waals surface area contributed by atoms with Crippen molar-refractivity contribution in [3.8, 4) is 11.5 Å². The average Bonchev–Trinajstić information content (AvgIpc) is 3.36. The van der Waals surface area contributed by atoms with Crippen LogP contribution in [0.3, 0.4) is 0 Å². The molecule has 0 bridgehead atoms. The first-order valence-electron chi connectivity index (χ1n) is 9.15. The molecule has 3 heterocycles.